The van der Waals surface area contributed by atoms with Crippen molar-refractivity contribution in [2.45, 2.75) is 17.3 Å². The minimum atomic E-state index is -0.415. The second-order valence-corrected chi connectivity index (χ2v) is 7.32. The number of anilines is 1. The second kappa shape index (κ2) is 7.88. The molecule has 3 rings (SSSR count). The molecule has 8 heteroatoms. The summed E-state index contributed by atoms with van der Waals surface area (Å²) in [4.78, 5) is 12.3. The highest BCUT2D eigenvalue weighted by Gasteiger charge is 2.20. The molecule has 1 atom stereocenters. The van der Waals surface area contributed by atoms with Crippen molar-refractivity contribution in [3.8, 4) is 11.4 Å². The van der Waals surface area contributed by atoms with Gasteiger partial charge in [-0.05, 0) is 43.3 Å². The first-order chi connectivity index (χ1) is 12.5. The van der Waals surface area contributed by atoms with Gasteiger partial charge in [-0.15, -0.1) is 10.2 Å². The smallest absolute Gasteiger partial charge is 0.237 e. The van der Waals surface area contributed by atoms with Gasteiger partial charge in [-0.3, -0.25) is 4.79 Å². The number of hydrogen-bond acceptors (Lipinski definition) is 4. The number of benzene rings is 2. The standard InChI is InChI=1S/C18H16ClFN4OS/c1-11(17(25)21-13-9-7-12(20)8-10-13)26-18-23-22-16(24(18)2)14-5-3-4-6-15(14)19/h3-11H,1-2H3,(H,21,25)/t11-/m1/s1. The number of halogens is 2. The first-order valence-corrected chi connectivity index (χ1v) is 9.09. The van der Waals surface area contributed by atoms with Gasteiger partial charge in [-0.2, -0.15) is 0 Å². The summed E-state index contributed by atoms with van der Waals surface area (Å²) in [6, 6.07) is 13.0. The van der Waals surface area contributed by atoms with Gasteiger partial charge < -0.3 is 9.88 Å². The SMILES string of the molecule is C[C@@H](Sc1nnc(-c2ccccc2Cl)n1C)C(=O)Nc1ccc(F)cc1. The summed E-state index contributed by atoms with van der Waals surface area (Å²) in [6.07, 6.45) is 0. The molecule has 0 aliphatic carbocycles. The fourth-order valence-electron chi connectivity index (χ4n) is 2.28. The third kappa shape index (κ3) is 4.05. The predicted octanol–water partition coefficient (Wildman–Crippen LogP) is 4.39. The molecule has 26 heavy (non-hydrogen) atoms. The van der Waals surface area contributed by atoms with Crippen LogP contribution in [0.25, 0.3) is 11.4 Å². The van der Waals surface area contributed by atoms with E-state index in [1.54, 1.807) is 17.6 Å². The molecule has 0 aliphatic rings. The van der Waals surface area contributed by atoms with Gasteiger partial charge in [0.2, 0.25) is 5.91 Å². The molecule has 5 nitrogen and oxygen atoms in total. The van der Waals surface area contributed by atoms with Crippen molar-refractivity contribution in [1.29, 1.82) is 0 Å². The molecule has 0 saturated carbocycles. The van der Waals surface area contributed by atoms with Gasteiger partial charge in [0.15, 0.2) is 11.0 Å². The molecule has 0 radical (unpaired) electrons. The van der Waals surface area contributed by atoms with Crippen LogP contribution in [0.5, 0.6) is 0 Å². The van der Waals surface area contributed by atoms with Gasteiger partial charge in [0.1, 0.15) is 5.82 Å². The number of thioether (sulfide) groups is 1. The molecule has 3 aromatic rings. The first kappa shape index (κ1) is 18.4. The summed E-state index contributed by atoms with van der Waals surface area (Å²) in [5.41, 5.74) is 1.32. The zero-order valence-electron chi connectivity index (χ0n) is 14.1. The van der Waals surface area contributed by atoms with Gasteiger partial charge >= 0.3 is 0 Å². The van der Waals surface area contributed by atoms with E-state index in [1.165, 1.54) is 36.0 Å². The fraction of sp³-hybridized carbons (Fsp3) is 0.167. The first-order valence-electron chi connectivity index (χ1n) is 7.83. The van der Waals surface area contributed by atoms with E-state index in [4.69, 9.17) is 11.6 Å². The molecule has 0 aliphatic heterocycles. The van der Waals surface area contributed by atoms with E-state index in [0.717, 1.165) is 5.56 Å². The lowest BCUT2D eigenvalue weighted by atomic mass is 10.2. The number of hydrogen-bond donors (Lipinski definition) is 1. The quantitative estimate of drug-likeness (QED) is 0.656. The van der Waals surface area contributed by atoms with Crippen molar-refractivity contribution in [2.24, 2.45) is 7.05 Å². The molecule has 0 fully saturated rings. The van der Waals surface area contributed by atoms with Crippen molar-refractivity contribution in [1.82, 2.24) is 14.8 Å². The number of aromatic nitrogens is 3. The van der Waals surface area contributed by atoms with E-state index >= 15 is 0 Å². The molecule has 134 valence electrons. The summed E-state index contributed by atoms with van der Waals surface area (Å²) in [5, 5.41) is 11.9. The molecule has 0 bridgehead atoms. The Hall–Kier alpha value is -2.38. The maximum absolute atomic E-state index is 12.9. The summed E-state index contributed by atoms with van der Waals surface area (Å²) in [6.45, 7) is 1.77. The molecule has 2 aromatic carbocycles. The van der Waals surface area contributed by atoms with Crippen LogP contribution in [0, 0.1) is 5.82 Å². The van der Waals surface area contributed by atoms with Gasteiger partial charge in [0.05, 0.1) is 10.3 Å². The lowest BCUT2D eigenvalue weighted by molar-refractivity contribution is -0.115. The lowest BCUT2D eigenvalue weighted by Gasteiger charge is -2.12. The zero-order valence-corrected chi connectivity index (χ0v) is 15.7. The highest BCUT2D eigenvalue weighted by molar-refractivity contribution is 8.00. The summed E-state index contributed by atoms with van der Waals surface area (Å²) < 4.78 is 14.7. The third-order valence-corrected chi connectivity index (χ3v) is 5.18. The fourth-order valence-corrected chi connectivity index (χ4v) is 3.32. The van der Waals surface area contributed by atoms with Crippen LogP contribution in [0.15, 0.2) is 53.7 Å². The third-order valence-electron chi connectivity index (χ3n) is 3.71. The van der Waals surface area contributed by atoms with Crippen LogP contribution >= 0.6 is 23.4 Å². The van der Waals surface area contributed by atoms with Gasteiger partial charge in [0, 0.05) is 18.3 Å². The molecular formula is C18H16ClFN4OS. The van der Waals surface area contributed by atoms with Crippen molar-refractivity contribution >= 4 is 35.0 Å². The van der Waals surface area contributed by atoms with Crippen molar-refractivity contribution in [3.05, 3.63) is 59.4 Å². The summed E-state index contributed by atoms with van der Waals surface area (Å²) in [5.74, 6) is 0.0738. The Bertz CT molecular complexity index is 929. The number of rotatable bonds is 5. The highest BCUT2D eigenvalue weighted by Crippen LogP contribution is 2.29. The Morgan fingerprint density at radius 2 is 1.88 bits per heavy atom. The zero-order chi connectivity index (χ0) is 18.7. The number of nitrogens with one attached hydrogen (secondary N) is 1. The normalized spacial score (nSPS) is 12.0. The predicted molar refractivity (Wildman–Crippen MR) is 102 cm³/mol. The largest absolute Gasteiger partial charge is 0.325 e. The van der Waals surface area contributed by atoms with E-state index in [1.807, 2.05) is 25.2 Å². The van der Waals surface area contributed by atoms with Crippen LogP contribution in [-0.2, 0) is 11.8 Å². The van der Waals surface area contributed by atoms with E-state index in [9.17, 15) is 9.18 Å². The Balaban J connectivity index is 1.71. The molecule has 1 amide bonds. The number of carbonyl (C=O) groups excluding carboxylic acids is 1. The average molecular weight is 391 g/mol. The van der Waals surface area contributed by atoms with E-state index in [-0.39, 0.29) is 11.7 Å². The molecule has 0 saturated heterocycles. The van der Waals surface area contributed by atoms with Gasteiger partial charge in [-0.1, -0.05) is 35.5 Å². The topological polar surface area (TPSA) is 59.8 Å². The Kier molecular flexibility index (Phi) is 5.58. The lowest BCUT2D eigenvalue weighted by Crippen LogP contribution is -2.22. The molecular weight excluding hydrogens is 375 g/mol. The van der Waals surface area contributed by atoms with Crippen LogP contribution in [0.1, 0.15) is 6.92 Å². The van der Waals surface area contributed by atoms with E-state index in [0.29, 0.717) is 21.7 Å². The van der Waals surface area contributed by atoms with Crippen LogP contribution in [0.3, 0.4) is 0 Å². The van der Waals surface area contributed by atoms with Crippen molar-refractivity contribution in [2.75, 3.05) is 5.32 Å². The molecule has 0 spiro atoms. The number of carbonyl (C=O) groups is 1. The monoisotopic (exact) mass is 390 g/mol. The van der Waals surface area contributed by atoms with Crippen LogP contribution < -0.4 is 5.32 Å². The average Bonchev–Trinajstić information content (AvgIpc) is 2.98. The van der Waals surface area contributed by atoms with Crippen LogP contribution in [0.2, 0.25) is 5.02 Å². The van der Waals surface area contributed by atoms with Crippen LogP contribution in [0.4, 0.5) is 10.1 Å². The maximum atomic E-state index is 12.9. The van der Waals surface area contributed by atoms with Gasteiger partial charge in [0.25, 0.3) is 0 Å². The van der Waals surface area contributed by atoms with Crippen molar-refractivity contribution < 1.29 is 9.18 Å². The minimum Gasteiger partial charge on any atom is -0.325 e. The van der Waals surface area contributed by atoms with Gasteiger partial charge in [-0.25, -0.2) is 4.39 Å². The molecule has 1 N–H and O–H groups in total. The Morgan fingerprint density at radius 1 is 1.19 bits per heavy atom. The Labute approximate surface area is 159 Å². The van der Waals surface area contributed by atoms with Crippen molar-refractivity contribution in [3.63, 3.8) is 0 Å². The maximum Gasteiger partial charge on any atom is 0.237 e. The summed E-state index contributed by atoms with van der Waals surface area (Å²) in [7, 11) is 1.82. The molecule has 1 heterocycles. The highest BCUT2D eigenvalue weighted by atomic mass is 35.5. The summed E-state index contributed by atoms with van der Waals surface area (Å²) >= 11 is 7.50. The van der Waals surface area contributed by atoms with E-state index < -0.39 is 5.25 Å². The second-order valence-electron chi connectivity index (χ2n) is 5.60. The number of amides is 1. The number of nitrogens with zero attached hydrogens (tertiary/aromatic N) is 3. The minimum absolute atomic E-state index is 0.205. The van der Waals surface area contributed by atoms with Crippen LogP contribution in [-0.4, -0.2) is 25.9 Å². The molecule has 0 unspecified atom stereocenters. The Morgan fingerprint density at radius 3 is 2.58 bits per heavy atom. The molecule has 1 aromatic heterocycles. The van der Waals surface area contributed by atoms with E-state index in [2.05, 4.69) is 15.5 Å².